The Hall–Kier alpha value is -0.0551. The third-order valence-corrected chi connectivity index (χ3v) is 2.19. The van der Waals surface area contributed by atoms with Gasteiger partial charge in [-0.15, -0.1) is 0 Å². The van der Waals surface area contributed by atoms with Crippen molar-refractivity contribution in [2.45, 2.75) is 25.3 Å². The molecule has 1 aliphatic rings. The van der Waals surface area contributed by atoms with Gasteiger partial charge >= 0.3 is 7.62 Å². The molecule has 2 N–H and O–H groups in total. The molecular formula is C7H16BN2O. The molecule has 0 aromatic rings. The van der Waals surface area contributed by atoms with Crippen molar-refractivity contribution in [1.29, 1.82) is 0 Å². The lowest BCUT2D eigenvalue weighted by Gasteiger charge is -2.33. The third-order valence-electron chi connectivity index (χ3n) is 2.19. The first kappa shape index (κ1) is 9.04. The molecule has 0 amide bonds. The van der Waals surface area contributed by atoms with Crippen molar-refractivity contribution in [2.24, 2.45) is 5.73 Å². The minimum atomic E-state index is 0.503. The van der Waals surface area contributed by atoms with Crippen LogP contribution >= 0.6 is 0 Å². The smallest absolute Gasteiger partial charge is 0.398 e. The van der Waals surface area contributed by atoms with Crippen LogP contribution in [0.25, 0.3) is 0 Å². The summed E-state index contributed by atoms with van der Waals surface area (Å²) in [6.07, 6.45) is 3.77. The zero-order valence-corrected chi connectivity index (χ0v) is 7.12. The summed E-state index contributed by atoms with van der Waals surface area (Å²) in [6, 6.07) is 0.503. The van der Waals surface area contributed by atoms with Crippen molar-refractivity contribution in [2.75, 3.05) is 20.2 Å². The lowest BCUT2D eigenvalue weighted by Crippen LogP contribution is -2.46. The van der Waals surface area contributed by atoms with E-state index >= 15 is 0 Å². The first-order valence-corrected chi connectivity index (χ1v) is 4.20. The predicted octanol–water partition coefficient (Wildman–Crippen LogP) is -0.0198. The van der Waals surface area contributed by atoms with Gasteiger partial charge in [0, 0.05) is 19.7 Å². The van der Waals surface area contributed by atoms with E-state index in [1.54, 1.807) is 14.7 Å². The van der Waals surface area contributed by atoms with Crippen molar-refractivity contribution < 1.29 is 4.65 Å². The Labute approximate surface area is 69.2 Å². The van der Waals surface area contributed by atoms with E-state index in [2.05, 4.69) is 4.81 Å². The van der Waals surface area contributed by atoms with Gasteiger partial charge in [0.05, 0.1) is 0 Å². The second-order valence-corrected chi connectivity index (χ2v) is 2.96. The fourth-order valence-electron chi connectivity index (χ4n) is 1.55. The quantitative estimate of drug-likeness (QED) is 0.582. The van der Waals surface area contributed by atoms with Gasteiger partial charge in [0.25, 0.3) is 0 Å². The Balaban J connectivity index is 2.31. The summed E-state index contributed by atoms with van der Waals surface area (Å²) in [4.78, 5) is 2.20. The van der Waals surface area contributed by atoms with Crippen LogP contribution in [0.3, 0.4) is 0 Å². The molecule has 1 unspecified atom stereocenters. The fourth-order valence-corrected chi connectivity index (χ4v) is 1.55. The standard InChI is InChI=1S/C7H16BN2O/c1-11-8-10-5-3-2-4-7(10)6-9/h7H,2-6,9H2,1H3. The Morgan fingerprint density at radius 2 is 2.45 bits per heavy atom. The molecule has 1 aliphatic heterocycles. The molecule has 3 nitrogen and oxygen atoms in total. The Kier molecular flexibility index (Phi) is 3.90. The molecule has 0 spiro atoms. The van der Waals surface area contributed by atoms with E-state index in [4.69, 9.17) is 10.4 Å². The van der Waals surface area contributed by atoms with Crippen LogP contribution in [0.5, 0.6) is 0 Å². The largest absolute Gasteiger partial charge is 0.427 e. The van der Waals surface area contributed by atoms with Crippen molar-refractivity contribution in [3.05, 3.63) is 0 Å². The van der Waals surface area contributed by atoms with Gasteiger partial charge in [-0.2, -0.15) is 0 Å². The molecule has 1 rings (SSSR count). The van der Waals surface area contributed by atoms with Crippen LogP contribution in [0.1, 0.15) is 19.3 Å². The summed E-state index contributed by atoms with van der Waals surface area (Å²) in [5.41, 5.74) is 5.61. The van der Waals surface area contributed by atoms with E-state index in [9.17, 15) is 0 Å². The summed E-state index contributed by atoms with van der Waals surface area (Å²) >= 11 is 0. The van der Waals surface area contributed by atoms with E-state index in [0.29, 0.717) is 6.04 Å². The molecule has 1 fully saturated rings. The van der Waals surface area contributed by atoms with Crippen LogP contribution in [0.15, 0.2) is 0 Å². The zero-order chi connectivity index (χ0) is 8.10. The third kappa shape index (κ3) is 2.47. The van der Waals surface area contributed by atoms with E-state index in [1.165, 1.54) is 19.3 Å². The lowest BCUT2D eigenvalue weighted by atomic mass is 9.96. The first-order valence-electron chi connectivity index (χ1n) is 4.20. The fraction of sp³-hybridized carbons (Fsp3) is 1.00. The second-order valence-electron chi connectivity index (χ2n) is 2.96. The normalized spacial score (nSPS) is 26.9. The van der Waals surface area contributed by atoms with Crippen LogP contribution < -0.4 is 5.73 Å². The van der Waals surface area contributed by atoms with Gasteiger partial charge in [0.2, 0.25) is 0 Å². The van der Waals surface area contributed by atoms with Crippen molar-refractivity contribution in [3.8, 4) is 0 Å². The maximum Gasteiger partial charge on any atom is 0.398 e. The molecule has 0 aromatic heterocycles. The summed E-state index contributed by atoms with van der Waals surface area (Å²) in [6.45, 7) is 1.83. The highest BCUT2D eigenvalue weighted by Gasteiger charge is 2.21. The molecular weight excluding hydrogens is 139 g/mol. The highest BCUT2D eigenvalue weighted by molar-refractivity contribution is 6.23. The molecule has 1 heterocycles. The minimum Gasteiger partial charge on any atom is -0.427 e. The maximum absolute atomic E-state index is 5.61. The van der Waals surface area contributed by atoms with Crippen molar-refractivity contribution in [1.82, 2.24) is 4.81 Å². The van der Waals surface area contributed by atoms with Crippen LogP contribution in [-0.4, -0.2) is 38.7 Å². The maximum atomic E-state index is 5.61. The molecule has 0 aliphatic carbocycles. The Morgan fingerprint density at radius 3 is 3.09 bits per heavy atom. The molecule has 0 aromatic carbocycles. The lowest BCUT2D eigenvalue weighted by molar-refractivity contribution is 0.227. The number of piperidine rings is 1. The molecule has 4 heteroatoms. The van der Waals surface area contributed by atoms with Crippen molar-refractivity contribution >= 4 is 7.62 Å². The van der Waals surface area contributed by atoms with Gasteiger partial charge in [0.1, 0.15) is 0 Å². The molecule has 1 saturated heterocycles. The average Bonchev–Trinajstić information content (AvgIpc) is 2.06. The minimum absolute atomic E-state index is 0.503. The van der Waals surface area contributed by atoms with Crippen LogP contribution in [0, 0.1) is 0 Å². The molecule has 0 saturated carbocycles. The van der Waals surface area contributed by atoms with E-state index < -0.39 is 0 Å². The summed E-state index contributed by atoms with van der Waals surface area (Å²) < 4.78 is 4.96. The predicted molar refractivity (Wildman–Crippen MR) is 46.2 cm³/mol. The van der Waals surface area contributed by atoms with Crippen LogP contribution in [0.4, 0.5) is 0 Å². The molecule has 1 atom stereocenters. The summed E-state index contributed by atoms with van der Waals surface area (Å²) in [7, 11) is 3.47. The zero-order valence-electron chi connectivity index (χ0n) is 7.12. The number of hydrogen-bond donors (Lipinski definition) is 1. The number of rotatable bonds is 3. The molecule has 0 bridgehead atoms. The van der Waals surface area contributed by atoms with Crippen LogP contribution in [-0.2, 0) is 4.65 Å². The molecule has 1 radical (unpaired) electrons. The topological polar surface area (TPSA) is 38.5 Å². The number of nitrogens with two attached hydrogens (primary N) is 1. The molecule has 63 valence electrons. The average molecular weight is 155 g/mol. The monoisotopic (exact) mass is 155 g/mol. The van der Waals surface area contributed by atoms with Gasteiger partial charge in [-0.1, -0.05) is 6.42 Å². The highest BCUT2D eigenvalue weighted by Crippen LogP contribution is 2.14. The van der Waals surface area contributed by atoms with Crippen molar-refractivity contribution in [3.63, 3.8) is 0 Å². The second kappa shape index (κ2) is 4.75. The first-order chi connectivity index (χ1) is 5.38. The highest BCUT2D eigenvalue weighted by atomic mass is 16.4. The summed E-state index contributed by atoms with van der Waals surface area (Å²) in [5, 5.41) is 0. The van der Waals surface area contributed by atoms with Gasteiger partial charge < -0.3 is 15.2 Å². The van der Waals surface area contributed by atoms with Gasteiger partial charge in [-0.25, -0.2) is 0 Å². The molecule has 11 heavy (non-hydrogen) atoms. The number of nitrogens with zero attached hydrogens (tertiary/aromatic N) is 1. The van der Waals surface area contributed by atoms with Crippen LogP contribution in [0.2, 0.25) is 0 Å². The summed E-state index contributed by atoms with van der Waals surface area (Å²) in [5.74, 6) is 0. The van der Waals surface area contributed by atoms with Gasteiger partial charge in [-0.05, 0) is 19.4 Å². The van der Waals surface area contributed by atoms with E-state index in [-0.39, 0.29) is 0 Å². The Morgan fingerprint density at radius 1 is 1.64 bits per heavy atom. The number of hydrogen-bond acceptors (Lipinski definition) is 3. The van der Waals surface area contributed by atoms with E-state index in [0.717, 1.165) is 13.1 Å². The Bertz CT molecular complexity index is 111. The van der Waals surface area contributed by atoms with E-state index in [1.807, 2.05) is 0 Å². The SMILES string of the molecule is CO[B]N1CCCCC1CN. The van der Waals surface area contributed by atoms with Gasteiger partial charge in [-0.3, -0.25) is 0 Å². The van der Waals surface area contributed by atoms with Gasteiger partial charge in [0.15, 0.2) is 0 Å².